The lowest BCUT2D eigenvalue weighted by atomic mass is 9.84. The van der Waals surface area contributed by atoms with Gasteiger partial charge in [-0.2, -0.15) is 0 Å². The fourth-order valence-electron chi connectivity index (χ4n) is 2.83. The molecule has 2 aliphatic rings. The third-order valence-electron chi connectivity index (χ3n) is 3.94. The zero-order valence-corrected chi connectivity index (χ0v) is 10.7. The van der Waals surface area contributed by atoms with Crippen molar-refractivity contribution < 1.29 is 9.47 Å². The van der Waals surface area contributed by atoms with Gasteiger partial charge in [0.15, 0.2) is 0 Å². The molecule has 0 aromatic carbocycles. The van der Waals surface area contributed by atoms with E-state index in [1.165, 1.54) is 0 Å². The lowest BCUT2D eigenvalue weighted by Crippen LogP contribution is -2.51. The Kier molecular flexibility index (Phi) is 4.44. The number of rotatable bonds is 3. The van der Waals surface area contributed by atoms with Crippen LogP contribution in [0.3, 0.4) is 0 Å². The maximum atomic E-state index is 6.01. The first-order valence-electron chi connectivity index (χ1n) is 6.72. The molecule has 2 aliphatic heterocycles. The highest BCUT2D eigenvalue weighted by Crippen LogP contribution is 2.34. The Morgan fingerprint density at radius 1 is 1.41 bits per heavy atom. The molecule has 0 aliphatic carbocycles. The number of hydrogen-bond donors (Lipinski definition) is 1. The van der Waals surface area contributed by atoms with Gasteiger partial charge in [0, 0.05) is 25.9 Å². The Morgan fingerprint density at radius 2 is 2.18 bits per heavy atom. The summed E-state index contributed by atoms with van der Waals surface area (Å²) < 4.78 is 11.4. The van der Waals surface area contributed by atoms with Crippen molar-refractivity contribution in [2.45, 2.75) is 56.7 Å². The molecule has 2 rings (SSSR count). The van der Waals surface area contributed by atoms with Crippen LogP contribution < -0.4 is 5.32 Å². The summed E-state index contributed by atoms with van der Waals surface area (Å²) in [6, 6.07) is 0.706. The molecule has 2 saturated heterocycles. The largest absolute Gasteiger partial charge is 0.381 e. The average molecular weight is 237 g/mol. The summed E-state index contributed by atoms with van der Waals surface area (Å²) in [7, 11) is 0. The van der Waals surface area contributed by atoms with Crippen LogP contribution in [-0.2, 0) is 9.47 Å². The van der Waals surface area contributed by atoms with Gasteiger partial charge in [-0.3, -0.25) is 0 Å². The second-order valence-corrected chi connectivity index (χ2v) is 5.13. The second-order valence-electron chi connectivity index (χ2n) is 5.13. The zero-order chi connectivity index (χ0) is 12.1. The van der Waals surface area contributed by atoms with Crippen LogP contribution >= 0.6 is 0 Å². The van der Waals surface area contributed by atoms with Gasteiger partial charge in [-0.25, -0.2) is 0 Å². The van der Waals surface area contributed by atoms with Crippen LogP contribution in [0.2, 0.25) is 0 Å². The molecule has 17 heavy (non-hydrogen) atoms. The fourth-order valence-corrected chi connectivity index (χ4v) is 2.83. The smallest absolute Gasteiger partial charge is 0.0741 e. The molecule has 0 aromatic rings. The Morgan fingerprint density at radius 3 is 2.82 bits per heavy atom. The van der Waals surface area contributed by atoms with Gasteiger partial charge in [0.05, 0.1) is 11.6 Å². The molecule has 0 saturated carbocycles. The Hall–Kier alpha value is -0.560. The van der Waals surface area contributed by atoms with Crippen molar-refractivity contribution in [3.05, 3.63) is 0 Å². The van der Waals surface area contributed by atoms with Crippen LogP contribution in [0.1, 0.15) is 39.0 Å². The van der Waals surface area contributed by atoms with Crippen LogP contribution in [0.4, 0.5) is 0 Å². The van der Waals surface area contributed by atoms with E-state index in [4.69, 9.17) is 15.9 Å². The van der Waals surface area contributed by atoms with Crippen molar-refractivity contribution >= 4 is 0 Å². The molecule has 1 spiro atoms. The fraction of sp³-hybridized carbons (Fsp3) is 0.857. The van der Waals surface area contributed by atoms with E-state index in [9.17, 15) is 0 Å². The number of nitrogens with one attached hydrogen (secondary N) is 1. The van der Waals surface area contributed by atoms with Gasteiger partial charge in [0.25, 0.3) is 0 Å². The standard InChI is InChI=1S/C14H23NO2/c1-3-12(4-2)15-13-5-8-17-14(11-13)6-9-16-10-7-14/h1,12-13,15H,4-11H2,2H3. The van der Waals surface area contributed by atoms with Crippen LogP contribution in [0, 0.1) is 12.3 Å². The molecule has 2 fully saturated rings. The minimum absolute atomic E-state index is 0.0566. The molecule has 0 bridgehead atoms. The lowest BCUT2D eigenvalue weighted by Gasteiger charge is -2.44. The van der Waals surface area contributed by atoms with Gasteiger partial charge in [-0.1, -0.05) is 12.8 Å². The van der Waals surface area contributed by atoms with Crippen LogP contribution in [0.25, 0.3) is 0 Å². The van der Waals surface area contributed by atoms with Crippen molar-refractivity contribution in [3.8, 4) is 12.3 Å². The molecule has 2 atom stereocenters. The molecule has 3 heteroatoms. The quantitative estimate of drug-likeness (QED) is 0.758. The normalized spacial score (nSPS) is 29.8. The first-order valence-corrected chi connectivity index (χ1v) is 6.72. The second kappa shape index (κ2) is 5.86. The van der Waals surface area contributed by atoms with E-state index in [1.54, 1.807) is 0 Å². The minimum atomic E-state index is 0.0566. The Labute approximate surface area is 104 Å². The van der Waals surface area contributed by atoms with E-state index in [-0.39, 0.29) is 11.6 Å². The predicted molar refractivity (Wildman–Crippen MR) is 67.8 cm³/mol. The van der Waals surface area contributed by atoms with Crippen LogP contribution in [0.5, 0.6) is 0 Å². The van der Waals surface area contributed by atoms with Gasteiger partial charge >= 0.3 is 0 Å². The number of hydrogen-bond acceptors (Lipinski definition) is 3. The van der Waals surface area contributed by atoms with E-state index in [2.05, 4.69) is 18.2 Å². The molecule has 2 unspecified atom stereocenters. The molecule has 0 radical (unpaired) electrons. The summed E-state index contributed by atoms with van der Waals surface area (Å²) in [6.07, 6.45) is 10.7. The molecule has 1 N–H and O–H groups in total. The van der Waals surface area contributed by atoms with E-state index in [1.807, 2.05) is 0 Å². The number of ether oxygens (including phenoxy) is 2. The lowest BCUT2D eigenvalue weighted by molar-refractivity contribution is -0.140. The van der Waals surface area contributed by atoms with Gasteiger partial charge in [0.1, 0.15) is 0 Å². The monoisotopic (exact) mass is 237 g/mol. The zero-order valence-electron chi connectivity index (χ0n) is 10.7. The summed E-state index contributed by atoms with van der Waals surface area (Å²) in [5.41, 5.74) is 0.0566. The first-order chi connectivity index (χ1) is 8.28. The molecular formula is C14H23NO2. The van der Waals surface area contributed by atoms with Crippen molar-refractivity contribution in [2.24, 2.45) is 0 Å². The average Bonchev–Trinajstić information content (AvgIpc) is 2.37. The predicted octanol–water partition coefficient (Wildman–Crippen LogP) is 1.72. The van der Waals surface area contributed by atoms with Crippen molar-refractivity contribution in [1.82, 2.24) is 5.32 Å². The van der Waals surface area contributed by atoms with E-state index in [0.29, 0.717) is 6.04 Å². The van der Waals surface area contributed by atoms with Crippen LogP contribution in [-0.4, -0.2) is 37.5 Å². The summed E-state index contributed by atoms with van der Waals surface area (Å²) in [5, 5.41) is 3.57. The first kappa shape index (κ1) is 12.9. The summed E-state index contributed by atoms with van der Waals surface area (Å²) in [5.74, 6) is 2.81. The highest BCUT2D eigenvalue weighted by molar-refractivity contribution is 5.01. The topological polar surface area (TPSA) is 30.5 Å². The Bertz CT molecular complexity index is 273. The van der Waals surface area contributed by atoms with Crippen molar-refractivity contribution in [1.29, 1.82) is 0 Å². The van der Waals surface area contributed by atoms with Gasteiger partial charge in [-0.05, 0) is 32.1 Å². The number of terminal acetylenes is 1. The molecule has 0 amide bonds. The van der Waals surface area contributed by atoms with Gasteiger partial charge in [-0.15, -0.1) is 6.42 Å². The molecule has 2 heterocycles. The van der Waals surface area contributed by atoms with Crippen molar-refractivity contribution in [3.63, 3.8) is 0 Å². The summed E-state index contributed by atoms with van der Waals surface area (Å²) in [4.78, 5) is 0. The summed E-state index contributed by atoms with van der Waals surface area (Å²) in [6.45, 7) is 4.64. The van der Waals surface area contributed by atoms with E-state index < -0.39 is 0 Å². The van der Waals surface area contributed by atoms with E-state index in [0.717, 1.165) is 51.9 Å². The molecule has 0 aromatic heterocycles. The van der Waals surface area contributed by atoms with Gasteiger partial charge in [0.2, 0.25) is 0 Å². The van der Waals surface area contributed by atoms with Crippen molar-refractivity contribution in [2.75, 3.05) is 19.8 Å². The molecular weight excluding hydrogens is 214 g/mol. The highest BCUT2D eigenvalue weighted by atomic mass is 16.5. The summed E-state index contributed by atoms with van der Waals surface area (Å²) >= 11 is 0. The maximum absolute atomic E-state index is 6.01. The maximum Gasteiger partial charge on any atom is 0.0741 e. The van der Waals surface area contributed by atoms with Gasteiger partial charge < -0.3 is 14.8 Å². The third-order valence-corrected chi connectivity index (χ3v) is 3.94. The highest BCUT2D eigenvalue weighted by Gasteiger charge is 2.39. The van der Waals surface area contributed by atoms with E-state index >= 15 is 0 Å². The third kappa shape index (κ3) is 3.22. The molecule has 3 nitrogen and oxygen atoms in total. The Balaban J connectivity index is 1.90. The SMILES string of the molecule is C#CC(CC)NC1CCOC2(CCOCC2)C1. The molecule has 96 valence electrons. The minimum Gasteiger partial charge on any atom is -0.381 e. The van der Waals surface area contributed by atoms with Crippen LogP contribution in [0.15, 0.2) is 0 Å².